The molecule has 3 heterocycles. The Labute approximate surface area is 203 Å². The average Bonchev–Trinajstić information content (AvgIpc) is 3.75. The molecule has 0 N–H and O–H groups in total. The van der Waals surface area contributed by atoms with Gasteiger partial charge in [-0.3, -0.25) is 9.78 Å². The number of piperazine rings is 1. The van der Waals surface area contributed by atoms with Crippen molar-refractivity contribution in [2.75, 3.05) is 24.5 Å². The molecular weight excluding hydrogens is 453 g/mol. The van der Waals surface area contributed by atoms with Crippen molar-refractivity contribution in [2.24, 2.45) is 5.92 Å². The molecule has 2 aromatic heterocycles. The maximum Gasteiger partial charge on any atom is 0.397 e. The van der Waals surface area contributed by atoms with Crippen molar-refractivity contribution in [3.8, 4) is 23.5 Å². The molecule has 3 aliphatic rings. The summed E-state index contributed by atoms with van der Waals surface area (Å²) in [7, 11) is 0. The normalized spacial score (nSPS) is 20.5. The van der Waals surface area contributed by atoms with Crippen molar-refractivity contribution in [1.82, 2.24) is 14.9 Å². The molecule has 0 bridgehead atoms. The molecule has 1 atom stereocenters. The summed E-state index contributed by atoms with van der Waals surface area (Å²) in [5.74, 6) is 3.19. The Bertz CT molecular complexity index is 1190. The van der Waals surface area contributed by atoms with Gasteiger partial charge in [0.2, 0.25) is 5.91 Å². The van der Waals surface area contributed by atoms with E-state index in [0.717, 1.165) is 48.2 Å². The van der Waals surface area contributed by atoms with E-state index in [2.05, 4.69) is 22.4 Å². The lowest BCUT2D eigenvalue weighted by Gasteiger charge is -2.43. The van der Waals surface area contributed by atoms with Crippen molar-refractivity contribution < 1.29 is 18.0 Å². The molecule has 5 rings (SSSR count). The fourth-order valence-corrected chi connectivity index (χ4v) is 4.96. The molecule has 182 valence electrons. The second-order valence-corrected chi connectivity index (χ2v) is 9.61. The zero-order valence-corrected chi connectivity index (χ0v) is 19.4. The molecule has 3 fully saturated rings. The SMILES string of the molecule is C#Cc1cc(-c2ccnc(C=C)c2)c(C2CC2)nc1N1CCN(C(=O)CC(F)(F)F)[C@H](C2CC2)C1. The van der Waals surface area contributed by atoms with Crippen molar-refractivity contribution in [3.05, 3.63) is 47.9 Å². The van der Waals surface area contributed by atoms with Gasteiger partial charge in [0.1, 0.15) is 12.2 Å². The number of aromatic nitrogens is 2. The molecule has 35 heavy (non-hydrogen) atoms. The zero-order valence-electron chi connectivity index (χ0n) is 19.4. The smallest absolute Gasteiger partial charge is 0.352 e. The van der Waals surface area contributed by atoms with E-state index in [4.69, 9.17) is 11.4 Å². The van der Waals surface area contributed by atoms with Crippen LogP contribution in [0.2, 0.25) is 0 Å². The monoisotopic (exact) mass is 480 g/mol. The van der Waals surface area contributed by atoms with Crippen LogP contribution in [0.3, 0.4) is 0 Å². The van der Waals surface area contributed by atoms with E-state index in [9.17, 15) is 18.0 Å². The summed E-state index contributed by atoms with van der Waals surface area (Å²) in [6.45, 7) is 4.87. The minimum atomic E-state index is -4.51. The van der Waals surface area contributed by atoms with E-state index < -0.39 is 18.5 Å². The van der Waals surface area contributed by atoms with E-state index in [1.54, 1.807) is 12.3 Å². The third-order valence-electron chi connectivity index (χ3n) is 7.01. The van der Waals surface area contributed by atoms with Gasteiger partial charge in [0.15, 0.2) is 0 Å². The molecule has 0 unspecified atom stereocenters. The fraction of sp³-hybridized carbons (Fsp3) is 0.444. The summed E-state index contributed by atoms with van der Waals surface area (Å²) in [4.78, 5) is 25.3. The Balaban J connectivity index is 1.47. The Hall–Kier alpha value is -3.34. The van der Waals surface area contributed by atoms with Crippen LogP contribution in [0.25, 0.3) is 17.2 Å². The number of carbonyl (C=O) groups is 1. The third-order valence-corrected chi connectivity index (χ3v) is 7.01. The van der Waals surface area contributed by atoms with E-state index in [0.29, 0.717) is 30.4 Å². The summed E-state index contributed by atoms with van der Waals surface area (Å²) in [5, 5.41) is 0. The molecule has 2 aromatic rings. The van der Waals surface area contributed by atoms with Crippen LogP contribution in [0.15, 0.2) is 31.0 Å². The van der Waals surface area contributed by atoms with Gasteiger partial charge in [-0.2, -0.15) is 13.2 Å². The van der Waals surface area contributed by atoms with Crippen molar-refractivity contribution >= 4 is 17.8 Å². The molecule has 0 aromatic carbocycles. The lowest BCUT2D eigenvalue weighted by molar-refractivity contribution is -0.163. The second-order valence-electron chi connectivity index (χ2n) is 9.61. The first-order chi connectivity index (χ1) is 16.8. The van der Waals surface area contributed by atoms with Crippen LogP contribution in [0.1, 0.15) is 55.0 Å². The maximum atomic E-state index is 12.9. The van der Waals surface area contributed by atoms with Gasteiger partial charge < -0.3 is 9.80 Å². The number of alkyl halides is 3. The topological polar surface area (TPSA) is 49.3 Å². The molecule has 1 saturated heterocycles. The molecule has 1 amide bonds. The number of carbonyl (C=O) groups excluding carboxylic acids is 1. The summed E-state index contributed by atoms with van der Waals surface area (Å²) in [6.07, 6.45) is 7.38. The first-order valence-corrected chi connectivity index (χ1v) is 12.0. The number of hydrogen-bond acceptors (Lipinski definition) is 4. The molecular formula is C27H27F3N4O. The molecule has 2 saturated carbocycles. The predicted molar refractivity (Wildman–Crippen MR) is 129 cm³/mol. The Morgan fingerprint density at radius 2 is 2.00 bits per heavy atom. The first kappa shape index (κ1) is 23.4. The molecule has 1 aliphatic heterocycles. The fourth-order valence-electron chi connectivity index (χ4n) is 4.96. The van der Waals surface area contributed by atoms with Crippen molar-refractivity contribution in [3.63, 3.8) is 0 Å². The van der Waals surface area contributed by atoms with Crippen molar-refractivity contribution in [1.29, 1.82) is 0 Å². The molecule has 0 spiro atoms. The molecule has 2 aliphatic carbocycles. The van der Waals surface area contributed by atoms with Gasteiger partial charge >= 0.3 is 6.18 Å². The van der Waals surface area contributed by atoms with Crippen LogP contribution in [-0.2, 0) is 4.79 Å². The van der Waals surface area contributed by atoms with Crippen LogP contribution in [-0.4, -0.2) is 52.6 Å². The first-order valence-electron chi connectivity index (χ1n) is 12.0. The number of rotatable bonds is 6. The highest BCUT2D eigenvalue weighted by atomic mass is 19.4. The Kier molecular flexibility index (Phi) is 6.04. The van der Waals surface area contributed by atoms with Crippen LogP contribution in [0, 0.1) is 18.3 Å². The van der Waals surface area contributed by atoms with Gasteiger partial charge in [0, 0.05) is 37.3 Å². The summed E-state index contributed by atoms with van der Waals surface area (Å²) in [5.41, 5.74) is 4.35. The zero-order chi connectivity index (χ0) is 24.7. The number of pyridine rings is 2. The van der Waals surface area contributed by atoms with Gasteiger partial charge in [-0.25, -0.2) is 4.98 Å². The van der Waals surface area contributed by atoms with Crippen LogP contribution in [0.4, 0.5) is 19.0 Å². The standard InChI is InChI=1S/C27H27F3N4O/c1-3-17-14-22(20-9-10-31-21(4-2)13-20)25(19-7-8-19)32-26(17)33-11-12-34(23(16-33)18-5-6-18)24(35)15-27(28,29)30/h1,4,9-10,13-14,18-19,23H,2,5-8,11-12,15-16H2/t23-/m0/s1. The number of amides is 1. The molecule has 0 radical (unpaired) electrons. The lowest BCUT2D eigenvalue weighted by atomic mass is 9.98. The highest BCUT2D eigenvalue weighted by Gasteiger charge is 2.44. The van der Waals surface area contributed by atoms with Crippen LogP contribution in [0.5, 0.6) is 0 Å². The Morgan fingerprint density at radius 1 is 1.23 bits per heavy atom. The van der Waals surface area contributed by atoms with E-state index in [1.807, 2.05) is 18.2 Å². The quantitative estimate of drug-likeness (QED) is 0.545. The van der Waals surface area contributed by atoms with Gasteiger partial charge in [-0.05, 0) is 61.4 Å². The lowest BCUT2D eigenvalue weighted by Crippen LogP contribution is -2.57. The largest absolute Gasteiger partial charge is 0.397 e. The van der Waals surface area contributed by atoms with Crippen molar-refractivity contribution in [2.45, 2.75) is 50.2 Å². The number of nitrogens with zero attached hydrogens (tertiary/aromatic N) is 4. The average molecular weight is 481 g/mol. The summed E-state index contributed by atoms with van der Waals surface area (Å²) < 4.78 is 38.7. The van der Waals surface area contributed by atoms with E-state index in [1.165, 1.54) is 4.90 Å². The molecule has 8 heteroatoms. The highest BCUT2D eigenvalue weighted by Crippen LogP contribution is 2.45. The minimum absolute atomic E-state index is 0.223. The second kappa shape index (κ2) is 9.03. The van der Waals surface area contributed by atoms with Gasteiger partial charge in [0.05, 0.1) is 23.0 Å². The van der Waals surface area contributed by atoms with Gasteiger partial charge in [0.25, 0.3) is 0 Å². The highest BCUT2D eigenvalue weighted by molar-refractivity contribution is 5.78. The Morgan fingerprint density at radius 3 is 2.63 bits per heavy atom. The summed E-state index contributed by atoms with van der Waals surface area (Å²) >= 11 is 0. The minimum Gasteiger partial charge on any atom is -0.352 e. The number of hydrogen-bond donors (Lipinski definition) is 0. The maximum absolute atomic E-state index is 12.9. The number of anilines is 1. The van der Waals surface area contributed by atoms with Gasteiger partial charge in [-0.15, -0.1) is 6.42 Å². The van der Waals surface area contributed by atoms with Crippen LogP contribution >= 0.6 is 0 Å². The summed E-state index contributed by atoms with van der Waals surface area (Å²) in [6, 6.07) is 5.63. The number of halogens is 3. The van der Waals surface area contributed by atoms with E-state index in [-0.39, 0.29) is 18.5 Å². The van der Waals surface area contributed by atoms with E-state index >= 15 is 0 Å². The third kappa shape index (κ3) is 5.04. The van der Waals surface area contributed by atoms with Gasteiger partial charge in [-0.1, -0.05) is 12.5 Å². The number of terminal acetylenes is 1. The molecule has 5 nitrogen and oxygen atoms in total. The predicted octanol–water partition coefficient (Wildman–Crippen LogP) is 5.02. The van der Waals surface area contributed by atoms with Crippen LogP contribution < -0.4 is 4.90 Å².